The summed E-state index contributed by atoms with van der Waals surface area (Å²) in [6.45, 7) is 1.36. The molecule has 1 rings (SSSR count). The number of aliphatic hydroxyl groups excluding tert-OH is 2. The Morgan fingerprint density at radius 3 is 2.57 bits per heavy atom. The van der Waals surface area contributed by atoms with Gasteiger partial charge in [0, 0.05) is 18.7 Å². The van der Waals surface area contributed by atoms with E-state index in [9.17, 15) is 8.42 Å². The van der Waals surface area contributed by atoms with Gasteiger partial charge in [0.15, 0.2) is 0 Å². The maximum absolute atomic E-state index is 12.6. The second-order valence-corrected chi connectivity index (χ2v) is 5.95. The Morgan fingerprint density at radius 1 is 1.33 bits per heavy atom. The lowest BCUT2D eigenvalue weighted by molar-refractivity contribution is 0.256. The zero-order valence-electron chi connectivity index (χ0n) is 12.0. The van der Waals surface area contributed by atoms with Gasteiger partial charge in [0.2, 0.25) is 10.0 Å². The van der Waals surface area contributed by atoms with Crippen LogP contribution in [0, 0.1) is 11.8 Å². The van der Waals surface area contributed by atoms with E-state index in [0.29, 0.717) is 5.56 Å². The van der Waals surface area contributed by atoms with E-state index in [-0.39, 0.29) is 36.9 Å². The summed E-state index contributed by atoms with van der Waals surface area (Å²) in [5.74, 6) is 5.33. The molecule has 0 aliphatic rings. The van der Waals surface area contributed by atoms with Crippen LogP contribution < -0.4 is 4.74 Å². The van der Waals surface area contributed by atoms with E-state index < -0.39 is 10.0 Å². The van der Waals surface area contributed by atoms with Gasteiger partial charge >= 0.3 is 0 Å². The maximum Gasteiger partial charge on any atom is 0.246 e. The minimum Gasteiger partial charge on any atom is -0.495 e. The van der Waals surface area contributed by atoms with E-state index in [2.05, 4.69) is 11.8 Å². The average Bonchev–Trinajstić information content (AvgIpc) is 2.49. The molecule has 0 fully saturated rings. The second kappa shape index (κ2) is 8.00. The number of aliphatic hydroxyl groups is 2. The van der Waals surface area contributed by atoms with Gasteiger partial charge in [0.05, 0.1) is 13.7 Å². The molecule has 0 aromatic heterocycles. The molecule has 0 radical (unpaired) electrons. The van der Waals surface area contributed by atoms with Crippen LogP contribution in [0.5, 0.6) is 5.75 Å². The van der Waals surface area contributed by atoms with E-state index in [1.165, 1.54) is 19.2 Å². The molecule has 0 unspecified atom stereocenters. The van der Waals surface area contributed by atoms with Gasteiger partial charge in [-0.2, -0.15) is 4.31 Å². The Hall–Kier alpha value is -1.59. The van der Waals surface area contributed by atoms with Crippen molar-refractivity contribution in [3.8, 4) is 17.6 Å². The Balaban J connectivity index is 3.37. The van der Waals surface area contributed by atoms with Gasteiger partial charge in [-0.1, -0.05) is 18.8 Å². The molecule has 0 spiro atoms. The minimum atomic E-state index is -3.79. The first-order valence-electron chi connectivity index (χ1n) is 6.40. The number of sulfonamides is 1. The van der Waals surface area contributed by atoms with Crippen molar-refractivity contribution < 1.29 is 23.4 Å². The number of methoxy groups -OCH3 is 1. The van der Waals surface area contributed by atoms with Crippen molar-refractivity contribution in [1.82, 2.24) is 4.31 Å². The molecule has 0 aliphatic heterocycles. The van der Waals surface area contributed by atoms with Gasteiger partial charge < -0.3 is 14.9 Å². The van der Waals surface area contributed by atoms with Gasteiger partial charge in [-0.15, -0.1) is 0 Å². The highest BCUT2D eigenvalue weighted by Gasteiger charge is 2.26. The lowest BCUT2D eigenvalue weighted by atomic mass is 10.2. The molecular formula is C14H19NO5S. The lowest BCUT2D eigenvalue weighted by Crippen LogP contribution is -2.33. The molecule has 0 bridgehead atoms. The molecule has 6 nitrogen and oxygen atoms in total. The topological polar surface area (TPSA) is 87.1 Å². The van der Waals surface area contributed by atoms with Gasteiger partial charge in [0.1, 0.15) is 17.3 Å². The predicted molar refractivity (Wildman–Crippen MR) is 78.5 cm³/mol. The molecule has 0 heterocycles. The van der Waals surface area contributed by atoms with Crippen LogP contribution in [0.25, 0.3) is 0 Å². The molecule has 1 aromatic rings. The van der Waals surface area contributed by atoms with Crippen LogP contribution >= 0.6 is 0 Å². The summed E-state index contributed by atoms with van der Waals surface area (Å²) in [6.07, 6.45) is 0. The molecule has 0 saturated carbocycles. The summed E-state index contributed by atoms with van der Waals surface area (Å²) in [4.78, 5) is -0.00922. The molecule has 116 valence electrons. The molecule has 7 heteroatoms. The largest absolute Gasteiger partial charge is 0.495 e. The molecule has 0 aliphatic carbocycles. The fraction of sp³-hybridized carbons (Fsp3) is 0.429. The summed E-state index contributed by atoms with van der Waals surface area (Å²) in [5.41, 5.74) is 0.462. The van der Waals surface area contributed by atoms with Crippen molar-refractivity contribution in [2.75, 3.05) is 33.4 Å². The maximum atomic E-state index is 12.6. The zero-order chi connectivity index (χ0) is 15.9. The van der Waals surface area contributed by atoms with Crippen LogP contribution in [0.15, 0.2) is 23.1 Å². The third kappa shape index (κ3) is 4.19. The number of hydrogen-bond donors (Lipinski definition) is 2. The quantitative estimate of drug-likeness (QED) is 0.724. The van der Waals surface area contributed by atoms with Crippen molar-refractivity contribution in [1.29, 1.82) is 0 Å². The highest BCUT2D eigenvalue weighted by atomic mass is 32.2. The first kappa shape index (κ1) is 17.5. The monoisotopic (exact) mass is 313 g/mol. The van der Waals surface area contributed by atoms with Gasteiger partial charge in [-0.25, -0.2) is 8.42 Å². The molecule has 0 saturated heterocycles. The summed E-state index contributed by atoms with van der Waals surface area (Å²) in [6, 6.07) is 4.53. The SMILES string of the molecule is CCN(CCO)S(=O)(=O)c1cc(C#CCO)ccc1OC. The Bertz CT molecular complexity index is 630. The number of rotatable bonds is 6. The van der Waals surface area contributed by atoms with Crippen LogP contribution in [-0.2, 0) is 10.0 Å². The zero-order valence-corrected chi connectivity index (χ0v) is 12.9. The van der Waals surface area contributed by atoms with Gasteiger partial charge in [0.25, 0.3) is 0 Å². The fourth-order valence-electron chi connectivity index (χ4n) is 1.80. The van der Waals surface area contributed by atoms with Gasteiger partial charge in [-0.05, 0) is 18.2 Å². The third-order valence-electron chi connectivity index (χ3n) is 2.80. The molecule has 1 aromatic carbocycles. The van der Waals surface area contributed by atoms with E-state index in [4.69, 9.17) is 14.9 Å². The predicted octanol–water partition coefficient (Wildman–Crippen LogP) is 0.0419. The molecule has 21 heavy (non-hydrogen) atoms. The van der Waals surface area contributed by atoms with Crippen molar-refractivity contribution >= 4 is 10.0 Å². The molecule has 0 amide bonds. The van der Waals surface area contributed by atoms with E-state index in [1.807, 2.05) is 0 Å². The van der Waals surface area contributed by atoms with Crippen molar-refractivity contribution in [3.05, 3.63) is 23.8 Å². The number of hydrogen-bond acceptors (Lipinski definition) is 5. The van der Waals surface area contributed by atoms with Crippen molar-refractivity contribution in [3.63, 3.8) is 0 Å². The van der Waals surface area contributed by atoms with Crippen LogP contribution in [0.2, 0.25) is 0 Å². The smallest absolute Gasteiger partial charge is 0.246 e. The van der Waals surface area contributed by atoms with Crippen molar-refractivity contribution in [2.45, 2.75) is 11.8 Å². The Labute approximate surface area is 125 Å². The van der Waals surface area contributed by atoms with Crippen LogP contribution in [0.1, 0.15) is 12.5 Å². The number of nitrogens with zero attached hydrogens (tertiary/aromatic N) is 1. The molecule has 2 N–H and O–H groups in total. The number of ether oxygens (including phenoxy) is 1. The number of benzene rings is 1. The first-order valence-corrected chi connectivity index (χ1v) is 7.84. The molecular weight excluding hydrogens is 294 g/mol. The molecule has 0 atom stereocenters. The summed E-state index contributed by atoms with van der Waals surface area (Å²) >= 11 is 0. The second-order valence-electron chi connectivity index (χ2n) is 4.05. The minimum absolute atomic E-state index is 0.00847. The first-order chi connectivity index (χ1) is 10.0. The lowest BCUT2D eigenvalue weighted by Gasteiger charge is -2.20. The highest BCUT2D eigenvalue weighted by molar-refractivity contribution is 7.89. The third-order valence-corrected chi connectivity index (χ3v) is 4.79. The Kier molecular flexibility index (Phi) is 6.65. The Morgan fingerprint density at radius 2 is 2.05 bits per heavy atom. The van der Waals surface area contributed by atoms with Crippen LogP contribution in [0.4, 0.5) is 0 Å². The van der Waals surface area contributed by atoms with Crippen LogP contribution in [0.3, 0.4) is 0 Å². The van der Waals surface area contributed by atoms with Gasteiger partial charge in [-0.3, -0.25) is 0 Å². The summed E-state index contributed by atoms with van der Waals surface area (Å²) in [7, 11) is -2.40. The fourth-order valence-corrected chi connectivity index (χ4v) is 3.42. The van der Waals surface area contributed by atoms with E-state index in [0.717, 1.165) is 4.31 Å². The average molecular weight is 313 g/mol. The standard InChI is InChI=1S/C14H19NO5S/c1-3-15(8-10-17)21(18,19)14-11-12(5-4-9-16)6-7-13(14)20-2/h6-7,11,16-17H,3,8-10H2,1-2H3. The summed E-state index contributed by atoms with van der Waals surface area (Å²) in [5, 5.41) is 17.7. The van der Waals surface area contributed by atoms with Crippen molar-refractivity contribution in [2.24, 2.45) is 0 Å². The normalized spacial score (nSPS) is 11.1. The van der Waals surface area contributed by atoms with Crippen LogP contribution in [-0.4, -0.2) is 56.3 Å². The highest BCUT2D eigenvalue weighted by Crippen LogP contribution is 2.27. The van der Waals surface area contributed by atoms with E-state index >= 15 is 0 Å². The number of likely N-dealkylation sites (N-methyl/N-ethyl adjacent to an activating group) is 1. The summed E-state index contributed by atoms with van der Waals surface area (Å²) < 4.78 is 31.5. The van der Waals surface area contributed by atoms with E-state index in [1.54, 1.807) is 13.0 Å².